The van der Waals surface area contributed by atoms with Crippen molar-refractivity contribution in [3.63, 3.8) is 0 Å². The third-order valence-electron chi connectivity index (χ3n) is 3.84. The zero-order chi connectivity index (χ0) is 14.8. The van der Waals surface area contributed by atoms with Crippen molar-refractivity contribution in [1.29, 1.82) is 0 Å². The summed E-state index contributed by atoms with van der Waals surface area (Å²) in [7, 11) is 2.07. The number of rotatable bonds is 5. The highest BCUT2D eigenvalue weighted by Gasteiger charge is 2.28. The maximum absolute atomic E-state index is 9.32. The number of aliphatic hydroxyl groups excluding tert-OH is 1. The van der Waals surface area contributed by atoms with Gasteiger partial charge in [-0.25, -0.2) is 4.98 Å². The highest BCUT2D eigenvalue weighted by atomic mass is 35.5. The zero-order valence-corrected chi connectivity index (χ0v) is 12.8. The van der Waals surface area contributed by atoms with E-state index in [0.29, 0.717) is 16.8 Å². The predicted octanol–water partition coefficient (Wildman–Crippen LogP) is 3.20. The second-order valence-corrected chi connectivity index (χ2v) is 6.28. The second-order valence-electron chi connectivity index (χ2n) is 5.84. The lowest BCUT2D eigenvalue weighted by Crippen LogP contribution is -2.36. The summed E-state index contributed by atoms with van der Waals surface area (Å²) < 4.78 is 5.53. The fourth-order valence-electron chi connectivity index (χ4n) is 2.77. The Morgan fingerprint density at radius 3 is 2.95 bits per heavy atom. The van der Waals surface area contributed by atoms with E-state index >= 15 is 0 Å². The van der Waals surface area contributed by atoms with Gasteiger partial charge in [0.1, 0.15) is 6.26 Å². The predicted molar refractivity (Wildman–Crippen MR) is 82.0 cm³/mol. The minimum atomic E-state index is -0.0927. The van der Waals surface area contributed by atoms with Crippen LogP contribution in [0.5, 0.6) is 0 Å². The highest BCUT2D eigenvalue weighted by Crippen LogP contribution is 2.28. The highest BCUT2D eigenvalue weighted by molar-refractivity contribution is 6.30. The van der Waals surface area contributed by atoms with Crippen LogP contribution < -0.4 is 0 Å². The Hall–Kier alpha value is -1.36. The molecule has 3 rings (SSSR count). The Morgan fingerprint density at radius 1 is 1.43 bits per heavy atom. The molecule has 2 aromatic rings. The summed E-state index contributed by atoms with van der Waals surface area (Å²) in [6.07, 6.45) is 3.43. The number of aliphatic hydroxyl groups is 1. The fraction of sp³-hybridized carbons (Fsp3) is 0.438. The molecule has 1 aliphatic rings. The van der Waals surface area contributed by atoms with E-state index < -0.39 is 0 Å². The van der Waals surface area contributed by atoms with Gasteiger partial charge in [-0.3, -0.25) is 0 Å². The molecule has 1 aromatic carbocycles. The summed E-state index contributed by atoms with van der Waals surface area (Å²) >= 11 is 5.98. The Kier molecular flexibility index (Phi) is 4.29. The van der Waals surface area contributed by atoms with Crippen LogP contribution in [-0.2, 0) is 6.54 Å². The van der Waals surface area contributed by atoms with Gasteiger partial charge < -0.3 is 14.4 Å². The number of oxazole rings is 1. The van der Waals surface area contributed by atoms with Crippen molar-refractivity contribution in [2.45, 2.75) is 25.5 Å². The van der Waals surface area contributed by atoms with E-state index in [0.717, 1.165) is 37.2 Å². The van der Waals surface area contributed by atoms with Gasteiger partial charge in [-0.1, -0.05) is 17.7 Å². The average molecular weight is 307 g/mol. The van der Waals surface area contributed by atoms with Crippen LogP contribution >= 0.6 is 11.6 Å². The number of nitrogens with zero attached hydrogens (tertiary/aromatic N) is 2. The molecule has 1 saturated carbocycles. The summed E-state index contributed by atoms with van der Waals surface area (Å²) in [6, 6.07) is 7.49. The van der Waals surface area contributed by atoms with E-state index in [9.17, 15) is 5.11 Å². The van der Waals surface area contributed by atoms with E-state index in [2.05, 4.69) is 16.9 Å². The van der Waals surface area contributed by atoms with Crippen LogP contribution in [0.4, 0.5) is 0 Å². The number of aromatic nitrogens is 1. The molecule has 21 heavy (non-hydrogen) atoms. The first-order chi connectivity index (χ1) is 10.1. The summed E-state index contributed by atoms with van der Waals surface area (Å²) in [6.45, 7) is 1.73. The Labute approximate surface area is 129 Å². The first-order valence-corrected chi connectivity index (χ1v) is 7.55. The third-order valence-corrected chi connectivity index (χ3v) is 4.07. The van der Waals surface area contributed by atoms with Gasteiger partial charge in [-0.15, -0.1) is 0 Å². The van der Waals surface area contributed by atoms with Crippen LogP contribution in [-0.4, -0.2) is 34.7 Å². The lowest BCUT2D eigenvalue weighted by atomic mass is 9.82. The van der Waals surface area contributed by atoms with Gasteiger partial charge in [0, 0.05) is 23.7 Å². The summed E-state index contributed by atoms with van der Waals surface area (Å²) in [5.74, 6) is 1.20. The van der Waals surface area contributed by atoms with Crippen LogP contribution in [0.3, 0.4) is 0 Å². The normalized spacial score (nSPS) is 21.5. The number of benzene rings is 1. The molecule has 0 aliphatic heterocycles. The van der Waals surface area contributed by atoms with Crippen LogP contribution in [0.1, 0.15) is 18.5 Å². The molecule has 1 aromatic heterocycles. The molecule has 0 spiro atoms. The molecule has 112 valence electrons. The molecule has 0 atom stereocenters. The van der Waals surface area contributed by atoms with E-state index in [1.165, 1.54) is 0 Å². The molecule has 0 amide bonds. The average Bonchev–Trinajstić information content (AvgIpc) is 2.85. The third kappa shape index (κ3) is 3.64. The van der Waals surface area contributed by atoms with Gasteiger partial charge in [0.15, 0.2) is 0 Å². The Morgan fingerprint density at radius 2 is 2.24 bits per heavy atom. The molecule has 1 fully saturated rings. The molecule has 5 heteroatoms. The quantitative estimate of drug-likeness (QED) is 0.921. The van der Waals surface area contributed by atoms with Gasteiger partial charge in [0.25, 0.3) is 0 Å². The van der Waals surface area contributed by atoms with Crippen molar-refractivity contribution < 1.29 is 9.52 Å². The van der Waals surface area contributed by atoms with Crippen molar-refractivity contribution in [3.05, 3.63) is 41.2 Å². The van der Waals surface area contributed by atoms with Gasteiger partial charge >= 0.3 is 0 Å². The second kappa shape index (κ2) is 6.18. The summed E-state index contributed by atoms with van der Waals surface area (Å²) in [4.78, 5) is 6.73. The van der Waals surface area contributed by atoms with Crippen molar-refractivity contribution in [3.8, 4) is 11.5 Å². The first-order valence-electron chi connectivity index (χ1n) is 7.17. The van der Waals surface area contributed by atoms with Gasteiger partial charge in [-0.2, -0.15) is 0 Å². The van der Waals surface area contributed by atoms with E-state index in [1.807, 2.05) is 24.3 Å². The standard InChI is InChI=1S/C16H19ClN2O2/c1-19(8-11-5-15(20)6-11)9-14-10-21-16(18-14)12-3-2-4-13(17)7-12/h2-4,7,10-11,15,20H,5-6,8-9H2,1H3. The van der Waals surface area contributed by atoms with Crippen molar-refractivity contribution in [1.82, 2.24) is 9.88 Å². The van der Waals surface area contributed by atoms with Crippen LogP contribution in [0.2, 0.25) is 5.02 Å². The SMILES string of the molecule is CN(Cc1coc(-c2cccc(Cl)c2)n1)CC1CC(O)C1. The molecule has 0 bridgehead atoms. The topological polar surface area (TPSA) is 49.5 Å². The smallest absolute Gasteiger partial charge is 0.226 e. The summed E-state index contributed by atoms with van der Waals surface area (Å²) in [5, 5.41) is 9.99. The maximum Gasteiger partial charge on any atom is 0.226 e. The molecule has 0 unspecified atom stereocenters. The molecule has 1 N–H and O–H groups in total. The lowest BCUT2D eigenvalue weighted by Gasteiger charge is -2.34. The Bertz CT molecular complexity index is 608. The van der Waals surface area contributed by atoms with Crippen molar-refractivity contribution in [2.24, 2.45) is 5.92 Å². The number of hydrogen-bond acceptors (Lipinski definition) is 4. The lowest BCUT2D eigenvalue weighted by molar-refractivity contribution is 0.0272. The van der Waals surface area contributed by atoms with Crippen LogP contribution in [0.25, 0.3) is 11.5 Å². The zero-order valence-electron chi connectivity index (χ0n) is 12.0. The monoisotopic (exact) mass is 306 g/mol. The van der Waals surface area contributed by atoms with Crippen molar-refractivity contribution in [2.75, 3.05) is 13.6 Å². The van der Waals surface area contributed by atoms with Crippen LogP contribution in [0, 0.1) is 5.92 Å². The van der Waals surface area contributed by atoms with E-state index in [-0.39, 0.29) is 6.10 Å². The van der Waals surface area contributed by atoms with E-state index in [1.54, 1.807) is 6.26 Å². The molecule has 1 aliphatic carbocycles. The van der Waals surface area contributed by atoms with Gasteiger partial charge in [0.2, 0.25) is 5.89 Å². The van der Waals surface area contributed by atoms with E-state index in [4.69, 9.17) is 16.0 Å². The van der Waals surface area contributed by atoms with Gasteiger partial charge in [0.05, 0.1) is 11.8 Å². The molecule has 0 saturated heterocycles. The first kappa shape index (κ1) is 14.6. The van der Waals surface area contributed by atoms with Gasteiger partial charge in [-0.05, 0) is 44.0 Å². The minimum Gasteiger partial charge on any atom is -0.444 e. The molecular weight excluding hydrogens is 288 g/mol. The van der Waals surface area contributed by atoms with Crippen LogP contribution in [0.15, 0.2) is 34.9 Å². The number of hydrogen-bond donors (Lipinski definition) is 1. The molecule has 1 heterocycles. The number of halogens is 1. The van der Waals surface area contributed by atoms with Crippen molar-refractivity contribution >= 4 is 11.6 Å². The molecular formula is C16H19ClN2O2. The fourth-order valence-corrected chi connectivity index (χ4v) is 2.96. The minimum absolute atomic E-state index is 0.0927. The molecule has 0 radical (unpaired) electrons. The maximum atomic E-state index is 9.32. The molecule has 4 nitrogen and oxygen atoms in total. The Balaban J connectivity index is 1.60. The summed E-state index contributed by atoms with van der Waals surface area (Å²) in [5.41, 5.74) is 1.80. The largest absolute Gasteiger partial charge is 0.444 e.